The lowest BCUT2D eigenvalue weighted by molar-refractivity contribution is -0.137. The number of benzene rings is 1. The fourth-order valence-electron chi connectivity index (χ4n) is 2.34. The Kier molecular flexibility index (Phi) is 6.10. The Bertz CT molecular complexity index is 726. The molecular formula is C16H19F3N4OS. The Labute approximate surface area is 148 Å². The maximum absolute atomic E-state index is 12.5. The van der Waals surface area contributed by atoms with Gasteiger partial charge in [-0.3, -0.25) is 4.79 Å². The highest BCUT2D eigenvalue weighted by Crippen LogP contribution is 2.29. The van der Waals surface area contributed by atoms with Gasteiger partial charge in [0.25, 0.3) is 5.91 Å². The second kappa shape index (κ2) is 7.90. The van der Waals surface area contributed by atoms with Crippen LogP contribution in [0.1, 0.15) is 41.6 Å². The minimum Gasteiger partial charge on any atom is -0.352 e. The summed E-state index contributed by atoms with van der Waals surface area (Å²) in [7, 11) is 0. The molecule has 1 amide bonds. The third kappa shape index (κ3) is 4.75. The van der Waals surface area contributed by atoms with Crippen LogP contribution in [0.4, 0.5) is 13.2 Å². The van der Waals surface area contributed by atoms with E-state index in [0.717, 1.165) is 23.1 Å². The molecular weight excluding hydrogens is 353 g/mol. The first-order valence-electron chi connectivity index (χ1n) is 7.67. The van der Waals surface area contributed by atoms with Crippen molar-refractivity contribution in [3.63, 3.8) is 0 Å². The lowest BCUT2D eigenvalue weighted by Gasteiger charge is -2.13. The molecule has 25 heavy (non-hydrogen) atoms. The molecule has 0 spiro atoms. The molecule has 0 aliphatic carbocycles. The van der Waals surface area contributed by atoms with Crippen LogP contribution in [0, 0.1) is 0 Å². The standard InChI is InChI=1S/C16H19F3N4OS/c1-10(2)23-13(21-22-15(23)25-3)8-9-20-14(24)11-4-6-12(7-5-11)16(17,18)19/h4-7,10H,8-9H2,1-3H3,(H,20,24). The molecule has 1 aromatic heterocycles. The molecule has 0 aliphatic rings. The van der Waals surface area contributed by atoms with Crippen LogP contribution in [-0.2, 0) is 12.6 Å². The molecule has 0 saturated carbocycles. The number of halogens is 3. The number of carbonyl (C=O) groups excluding carboxylic acids is 1. The highest BCUT2D eigenvalue weighted by atomic mass is 32.2. The third-order valence-corrected chi connectivity index (χ3v) is 4.19. The maximum Gasteiger partial charge on any atom is 0.416 e. The summed E-state index contributed by atoms with van der Waals surface area (Å²) in [5.41, 5.74) is -0.596. The quantitative estimate of drug-likeness (QED) is 0.788. The first kappa shape index (κ1) is 19.3. The van der Waals surface area contributed by atoms with Gasteiger partial charge in [0.15, 0.2) is 5.16 Å². The summed E-state index contributed by atoms with van der Waals surface area (Å²) in [5.74, 6) is 0.335. The van der Waals surface area contributed by atoms with Gasteiger partial charge >= 0.3 is 6.18 Å². The summed E-state index contributed by atoms with van der Waals surface area (Å²) >= 11 is 1.49. The van der Waals surface area contributed by atoms with E-state index in [1.54, 1.807) is 0 Å². The predicted molar refractivity (Wildman–Crippen MR) is 89.7 cm³/mol. The van der Waals surface area contributed by atoms with Gasteiger partial charge < -0.3 is 9.88 Å². The third-order valence-electron chi connectivity index (χ3n) is 3.54. The lowest BCUT2D eigenvalue weighted by atomic mass is 10.1. The predicted octanol–water partition coefficient (Wildman–Crippen LogP) is 3.57. The molecule has 136 valence electrons. The summed E-state index contributed by atoms with van der Waals surface area (Å²) < 4.78 is 39.6. The maximum atomic E-state index is 12.5. The number of carbonyl (C=O) groups is 1. The van der Waals surface area contributed by atoms with Crippen LogP contribution >= 0.6 is 11.8 Å². The fraction of sp³-hybridized carbons (Fsp3) is 0.438. The number of amides is 1. The van der Waals surface area contributed by atoms with E-state index in [-0.39, 0.29) is 11.6 Å². The van der Waals surface area contributed by atoms with Crippen LogP contribution in [0.15, 0.2) is 29.4 Å². The van der Waals surface area contributed by atoms with Crippen molar-refractivity contribution in [2.24, 2.45) is 0 Å². The van der Waals surface area contributed by atoms with Crippen LogP contribution in [0.2, 0.25) is 0 Å². The zero-order valence-corrected chi connectivity index (χ0v) is 14.9. The van der Waals surface area contributed by atoms with E-state index in [2.05, 4.69) is 15.5 Å². The van der Waals surface area contributed by atoms with E-state index < -0.39 is 17.6 Å². The number of alkyl halides is 3. The molecule has 0 bridgehead atoms. The molecule has 0 radical (unpaired) electrons. The monoisotopic (exact) mass is 372 g/mol. The molecule has 0 fully saturated rings. The number of hydrogen-bond acceptors (Lipinski definition) is 4. The number of aromatic nitrogens is 3. The van der Waals surface area contributed by atoms with Crippen molar-refractivity contribution in [3.05, 3.63) is 41.2 Å². The minimum atomic E-state index is -4.41. The number of rotatable bonds is 6. The molecule has 2 aromatic rings. The van der Waals surface area contributed by atoms with Crippen molar-refractivity contribution in [2.45, 2.75) is 37.6 Å². The summed E-state index contributed by atoms with van der Waals surface area (Å²) in [6.45, 7) is 4.36. The van der Waals surface area contributed by atoms with Gasteiger partial charge in [0.05, 0.1) is 5.56 Å². The highest BCUT2D eigenvalue weighted by molar-refractivity contribution is 7.98. The number of nitrogens with zero attached hydrogens (tertiary/aromatic N) is 3. The van der Waals surface area contributed by atoms with Crippen molar-refractivity contribution in [3.8, 4) is 0 Å². The van der Waals surface area contributed by atoms with Crippen molar-refractivity contribution in [1.29, 1.82) is 0 Å². The topological polar surface area (TPSA) is 59.8 Å². The van der Waals surface area contributed by atoms with Gasteiger partial charge in [-0.25, -0.2) is 0 Å². The molecule has 0 atom stereocenters. The molecule has 2 rings (SSSR count). The lowest BCUT2D eigenvalue weighted by Crippen LogP contribution is -2.26. The molecule has 0 unspecified atom stereocenters. The first-order chi connectivity index (χ1) is 11.7. The van der Waals surface area contributed by atoms with Crippen LogP contribution in [0.5, 0.6) is 0 Å². The number of hydrogen-bond donors (Lipinski definition) is 1. The van der Waals surface area contributed by atoms with Crippen molar-refractivity contribution >= 4 is 17.7 Å². The van der Waals surface area contributed by atoms with Gasteiger partial charge in [0, 0.05) is 24.6 Å². The molecule has 0 saturated heterocycles. The minimum absolute atomic E-state index is 0.183. The number of thioether (sulfide) groups is 1. The van der Waals surface area contributed by atoms with Crippen LogP contribution in [0.25, 0.3) is 0 Å². The largest absolute Gasteiger partial charge is 0.416 e. The normalized spacial score (nSPS) is 11.8. The van der Waals surface area contributed by atoms with Gasteiger partial charge in [-0.2, -0.15) is 13.2 Å². The zero-order chi connectivity index (χ0) is 18.6. The van der Waals surface area contributed by atoms with E-state index in [4.69, 9.17) is 0 Å². The Hall–Kier alpha value is -2.03. The smallest absolute Gasteiger partial charge is 0.352 e. The van der Waals surface area contributed by atoms with E-state index >= 15 is 0 Å². The van der Waals surface area contributed by atoms with Gasteiger partial charge in [0.1, 0.15) is 5.82 Å². The molecule has 1 aromatic carbocycles. The Balaban J connectivity index is 1.96. The zero-order valence-electron chi connectivity index (χ0n) is 14.1. The fourth-order valence-corrected chi connectivity index (χ4v) is 2.97. The molecule has 9 heteroatoms. The second-order valence-corrected chi connectivity index (χ2v) is 6.42. The Morgan fingerprint density at radius 1 is 1.24 bits per heavy atom. The van der Waals surface area contributed by atoms with Crippen LogP contribution in [-0.4, -0.2) is 33.5 Å². The molecule has 1 heterocycles. The Morgan fingerprint density at radius 2 is 1.88 bits per heavy atom. The first-order valence-corrected chi connectivity index (χ1v) is 8.89. The van der Waals surface area contributed by atoms with Crippen molar-refractivity contribution < 1.29 is 18.0 Å². The highest BCUT2D eigenvalue weighted by Gasteiger charge is 2.30. The molecule has 1 N–H and O–H groups in total. The van der Waals surface area contributed by atoms with Gasteiger partial charge in [-0.15, -0.1) is 10.2 Å². The summed E-state index contributed by atoms with van der Waals surface area (Å²) in [6, 6.07) is 4.32. The average molecular weight is 372 g/mol. The van der Waals surface area contributed by atoms with Crippen molar-refractivity contribution in [1.82, 2.24) is 20.1 Å². The van der Waals surface area contributed by atoms with Crippen LogP contribution < -0.4 is 5.32 Å². The molecule has 5 nitrogen and oxygen atoms in total. The number of nitrogens with one attached hydrogen (secondary N) is 1. The second-order valence-electron chi connectivity index (χ2n) is 5.65. The van der Waals surface area contributed by atoms with Crippen LogP contribution in [0.3, 0.4) is 0 Å². The van der Waals surface area contributed by atoms with Gasteiger partial charge in [-0.1, -0.05) is 11.8 Å². The molecule has 0 aliphatic heterocycles. The van der Waals surface area contributed by atoms with Gasteiger partial charge in [-0.05, 0) is 44.4 Å². The Morgan fingerprint density at radius 3 is 2.40 bits per heavy atom. The van der Waals surface area contributed by atoms with E-state index in [1.807, 2.05) is 24.7 Å². The van der Waals surface area contributed by atoms with E-state index in [9.17, 15) is 18.0 Å². The van der Waals surface area contributed by atoms with E-state index in [0.29, 0.717) is 13.0 Å². The summed E-state index contributed by atoms with van der Waals surface area (Å²) in [6.07, 6.45) is -2.01. The van der Waals surface area contributed by atoms with E-state index in [1.165, 1.54) is 23.9 Å². The summed E-state index contributed by atoms with van der Waals surface area (Å²) in [5, 5.41) is 11.7. The van der Waals surface area contributed by atoms with Crippen molar-refractivity contribution in [2.75, 3.05) is 12.8 Å². The SMILES string of the molecule is CSc1nnc(CCNC(=O)c2ccc(C(F)(F)F)cc2)n1C(C)C. The van der Waals surface area contributed by atoms with Gasteiger partial charge in [0.2, 0.25) is 0 Å². The summed E-state index contributed by atoms with van der Waals surface area (Å²) in [4.78, 5) is 12.0. The average Bonchev–Trinajstić information content (AvgIpc) is 2.97.